The van der Waals surface area contributed by atoms with E-state index < -0.39 is 11.6 Å². The number of hydrogen-bond donors (Lipinski definition) is 0. The normalized spacial score (nSPS) is 11.3. The molecule has 0 saturated heterocycles. The van der Waals surface area contributed by atoms with Gasteiger partial charge in [0.05, 0.1) is 0 Å². The summed E-state index contributed by atoms with van der Waals surface area (Å²) in [6, 6.07) is 3.17. The van der Waals surface area contributed by atoms with Crippen molar-refractivity contribution in [3.8, 4) is 5.75 Å². The van der Waals surface area contributed by atoms with Gasteiger partial charge in [0.2, 0.25) is 0 Å². The minimum Gasteiger partial charge on any atom is -0.455 e. The zero-order valence-electron chi connectivity index (χ0n) is 8.47. The highest BCUT2D eigenvalue weighted by atomic mass is 19.1. The van der Waals surface area contributed by atoms with Gasteiger partial charge < -0.3 is 4.74 Å². The van der Waals surface area contributed by atoms with Crippen molar-refractivity contribution in [3.05, 3.63) is 54.3 Å². The maximum atomic E-state index is 13.2. The number of allylic oxidation sites excluding steroid dienone is 2. The average molecular weight is 210 g/mol. The Hall–Kier alpha value is -1.64. The van der Waals surface area contributed by atoms with Gasteiger partial charge in [-0.15, -0.1) is 0 Å². The van der Waals surface area contributed by atoms with Crippen LogP contribution in [0.25, 0.3) is 0 Å². The van der Waals surface area contributed by atoms with Crippen molar-refractivity contribution >= 4 is 0 Å². The van der Waals surface area contributed by atoms with Crippen molar-refractivity contribution in [2.24, 2.45) is 0 Å². The highest BCUT2D eigenvalue weighted by Crippen LogP contribution is 2.20. The second kappa shape index (κ2) is 5.29. The first kappa shape index (κ1) is 11.4. The van der Waals surface area contributed by atoms with Gasteiger partial charge in [0.25, 0.3) is 0 Å². The molecule has 0 aliphatic heterocycles. The first-order valence-corrected chi connectivity index (χ1v) is 4.63. The van der Waals surface area contributed by atoms with E-state index in [0.29, 0.717) is 5.76 Å². The fraction of sp³-hybridized carbons (Fsp3) is 0.167. The van der Waals surface area contributed by atoms with E-state index in [1.54, 1.807) is 6.08 Å². The second-order valence-corrected chi connectivity index (χ2v) is 2.90. The molecule has 0 aliphatic rings. The molecule has 0 N–H and O–H groups in total. The minimum atomic E-state index is -0.723. The van der Waals surface area contributed by atoms with Crippen LogP contribution in [0.2, 0.25) is 0 Å². The van der Waals surface area contributed by atoms with Crippen LogP contribution in [0.3, 0.4) is 0 Å². The topological polar surface area (TPSA) is 9.23 Å². The second-order valence-electron chi connectivity index (χ2n) is 2.90. The largest absolute Gasteiger partial charge is 0.455 e. The van der Waals surface area contributed by atoms with Crippen LogP contribution < -0.4 is 4.74 Å². The lowest BCUT2D eigenvalue weighted by Crippen LogP contribution is -1.95. The average Bonchev–Trinajstić information content (AvgIpc) is 2.21. The van der Waals surface area contributed by atoms with Crippen LogP contribution in [0.4, 0.5) is 8.78 Å². The number of rotatable bonds is 4. The number of hydrogen-bond acceptors (Lipinski definition) is 1. The lowest BCUT2D eigenvalue weighted by molar-refractivity contribution is 0.407. The molecule has 0 atom stereocenters. The lowest BCUT2D eigenvalue weighted by atomic mass is 10.3. The van der Waals surface area contributed by atoms with E-state index in [1.807, 2.05) is 6.92 Å². The molecule has 0 unspecified atom stereocenters. The Morgan fingerprint density at radius 3 is 2.73 bits per heavy atom. The molecule has 1 aromatic carbocycles. The summed E-state index contributed by atoms with van der Waals surface area (Å²) in [6.45, 7) is 5.46. The quantitative estimate of drug-likeness (QED) is 0.542. The molecule has 0 aromatic heterocycles. The molecular formula is C12H12F2O. The molecule has 0 amide bonds. The van der Waals surface area contributed by atoms with E-state index in [-0.39, 0.29) is 5.75 Å². The van der Waals surface area contributed by atoms with E-state index in [9.17, 15) is 8.78 Å². The predicted molar refractivity (Wildman–Crippen MR) is 55.6 cm³/mol. The molecule has 0 bridgehead atoms. The van der Waals surface area contributed by atoms with Crippen LogP contribution in [0.15, 0.2) is 42.7 Å². The summed E-state index contributed by atoms with van der Waals surface area (Å²) in [4.78, 5) is 0. The first-order valence-electron chi connectivity index (χ1n) is 4.63. The van der Waals surface area contributed by atoms with Gasteiger partial charge in [-0.05, 0) is 30.7 Å². The highest BCUT2D eigenvalue weighted by molar-refractivity contribution is 5.28. The third-order valence-corrected chi connectivity index (χ3v) is 1.73. The smallest absolute Gasteiger partial charge is 0.168 e. The molecule has 80 valence electrons. The Bertz CT molecular complexity index is 383. The van der Waals surface area contributed by atoms with Gasteiger partial charge in [-0.3, -0.25) is 0 Å². The van der Waals surface area contributed by atoms with Crippen molar-refractivity contribution < 1.29 is 13.5 Å². The summed E-state index contributed by atoms with van der Waals surface area (Å²) in [5.41, 5.74) is 0. The standard InChI is InChI=1S/C12H12F2O/c1-3-5-10(4-2)15-12-7-6-9(13)8-11(12)14/h4-8H,2-3H2,1H3/b10-5-. The summed E-state index contributed by atoms with van der Waals surface area (Å²) in [5.74, 6) is -0.891. The lowest BCUT2D eigenvalue weighted by Gasteiger charge is -2.06. The van der Waals surface area contributed by atoms with Crippen LogP contribution in [0, 0.1) is 11.6 Å². The molecule has 1 aromatic rings. The summed E-state index contributed by atoms with van der Waals surface area (Å²) >= 11 is 0. The number of ether oxygens (including phenoxy) is 1. The predicted octanol–water partition coefficient (Wildman–Crippen LogP) is 3.82. The molecular weight excluding hydrogens is 198 g/mol. The number of halogens is 2. The Kier molecular flexibility index (Phi) is 4.03. The molecule has 0 fully saturated rings. The van der Waals surface area contributed by atoms with Gasteiger partial charge in [-0.2, -0.15) is 0 Å². The molecule has 1 nitrogen and oxygen atoms in total. The van der Waals surface area contributed by atoms with Gasteiger partial charge in [0.15, 0.2) is 11.6 Å². The van der Waals surface area contributed by atoms with Gasteiger partial charge in [-0.1, -0.05) is 13.5 Å². The Balaban J connectivity index is 2.88. The molecule has 0 spiro atoms. The molecule has 0 aliphatic carbocycles. The SMILES string of the molecule is C=C/C(=C/CC)Oc1ccc(F)cc1F. The van der Waals surface area contributed by atoms with E-state index in [0.717, 1.165) is 18.6 Å². The molecule has 1 rings (SSSR count). The van der Waals surface area contributed by atoms with Crippen molar-refractivity contribution in [2.75, 3.05) is 0 Å². The van der Waals surface area contributed by atoms with Crippen LogP contribution in [-0.4, -0.2) is 0 Å². The van der Waals surface area contributed by atoms with Crippen LogP contribution in [0.5, 0.6) is 5.75 Å². The van der Waals surface area contributed by atoms with Gasteiger partial charge in [0, 0.05) is 6.07 Å². The van der Waals surface area contributed by atoms with Gasteiger partial charge in [-0.25, -0.2) is 8.78 Å². The van der Waals surface area contributed by atoms with Crippen LogP contribution in [-0.2, 0) is 0 Å². The van der Waals surface area contributed by atoms with Gasteiger partial charge >= 0.3 is 0 Å². The molecule has 0 heterocycles. The zero-order chi connectivity index (χ0) is 11.3. The highest BCUT2D eigenvalue weighted by Gasteiger charge is 2.05. The summed E-state index contributed by atoms with van der Waals surface area (Å²) in [6.07, 6.45) is 3.99. The molecule has 0 radical (unpaired) electrons. The van der Waals surface area contributed by atoms with E-state index >= 15 is 0 Å². The third kappa shape index (κ3) is 3.20. The van der Waals surface area contributed by atoms with Crippen molar-refractivity contribution in [3.63, 3.8) is 0 Å². The zero-order valence-corrected chi connectivity index (χ0v) is 8.47. The monoisotopic (exact) mass is 210 g/mol. The van der Waals surface area contributed by atoms with Crippen LogP contribution >= 0.6 is 0 Å². The Morgan fingerprint density at radius 1 is 1.47 bits per heavy atom. The Morgan fingerprint density at radius 2 is 2.20 bits per heavy atom. The molecule has 0 saturated carbocycles. The fourth-order valence-corrected chi connectivity index (χ4v) is 1.05. The fourth-order valence-electron chi connectivity index (χ4n) is 1.05. The van der Waals surface area contributed by atoms with Crippen molar-refractivity contribution in [1.82, 2.24) is 0 Å². The summed E-state index contributed by atoms with van der Waals surface area (Å²) < 4.78 is 30.9. The van der Waals surface area contributed by atoms with Gasteiger partial charge in [0.1, 0.15) is 11.6 Å². The minimum absolute atomic E-state index is 0.00370. The third-order valence-electron chi connectivity index (χ3n) is 1.73. The van der Waals surface area contributed by atoms with Crippen molar-refractivity contribution in [1.29, 1.82) is 0 Å². The maximum absolute atomic E-state index is 13.2. The summed E-state index contributed by atoms with van der Waals surface area (Å²) in [7, 11) is 0. The van der Waals surface area contributed by atoms with E-state index in [1.165, 1.54) is 12.1 Å². The maximum Gasteiger partial charge on any atom is 0.168 e. The van der Waals surface area contributed by atoms with Crippen molar-refractivity contribution in [2.45, 2.75) is 13.3 Å². The van der Waals surface area contributed by atoms with E-state index in [4.69, 9.17) is 4.74 Å². The van der Waals surface area contributed by atoms with E-state index in [2.05, 4.69) is 6.58 Å². The Labute approximate surface area is 87.7 Å². The first-order chi connectivity index (χ1) is 7.17. The van der Waals surface area contributed by atoms with Crippen LogP contribution in [0.1, 0.15) is 13.3 Å². The summed E-state index contributed by atoms with van der Waals surface area (Å²) in [5, 5.41) is 0. The molecule has 3 heteroatoms. The molecule has 15 heavy (non-hydrogen) atoms. The number of benzene rings is 1.